The Morgan fingerprint density at radius 3 is 1.51 bits per heavy atom. The molecule has 0 aromatic heterocycles. The summed E-state index contributed by atoms with van der Waals surface area (Å²) in [5.74, 6) is -11.9. The van der Waals surface area contributed by atoms with Gasteiger partial charge in [-0.1, -0.05) is 62.4 Å². The third-order valence-electron chi connectivity index (χ3n) is 17.4. The van der Waals surface area contributed by atoms with Crippen LogP contribution in [0.3, 0.4) is 0 Å². The maximum Gasteiger partial charge on any atom is 0.314 e. The number of anilines is 3. The molecule has 4 N–H and O–H groups in total. The van der Waals surface area contributed by atoms with E-state index >= 15 is 0 Å². The van der Waals surface area contributed by atoms with Crippen LogP contribution >= 0.6 is 23.2 Å². The molecule has 0 saturated heterocycles. The number of amides is 10. The number of rotatable bonds is 4. The van der Waals surface area contributed by atoms with E-state index in [2.05, 4.69) is 21.3 Å². The molecule has 27 heteroatoms. The fourth-order valence-corrected chi connectivity index (χ4v) is 12.9. The van der Waals surface area contributed by atoms with E-state index in [1.165, 1.54) is 20.8 Å². The number of ether oxygens (including phenoxy) is 3. The van der Waals surface area contributed by atoms with Crippen LogP contribution in [-0.2, 0) is 76.6 Å². The van der Waals surface area contributed by atoms with Crippen LogP contribution in [0.4, 0.5) is 17.1 Å². The number of nitrogens with zero attached hydrogens (tertiary/aromatic N) is 4. The van der Waals surface area contributed by atoms with Crippen molar-refractivity contribution in [3.8, 4) is 5.75 Å². The molecule has 5 heterocycles. The molecular formula is C68H74Cl2N8O17. The van der Waals surface area contributed by atoms with Crippen LogP contribution in [0.25, 0.3) is 21.5 Å². The Hall–Kier alpha value is -9.04. The van der Waals surface area contributed by atoms with E-state index in [0.717, 1.165) is 40.8 Å². The molecule has 0 radical (unpaired) electrons. The summed E-state index contributed by atoms with van der Waals surface area (Å²) in [5, 5.41) is 13.3. The van der Waals surface area contributed by atoms with Crippen molar-refractivity contribution in [2.75, 3.05) is 72.9 Å². The Morgan fingerprint density at radius 1 is 0.495 bits per heavy atom. The number of carbonyl (C=O) groups is 14. The van der Waals surface area contributed by atoms with E-state index in [-0.39, 0.29) is 139 Å². The van der Waals surface area contributed by atoms with Crippen molar-refractivity contribution in [2.45, 2.75) is 121 Å². The number of esters is 1. The lowest BCUT2D eigenvalue weighted by atomic mass is 9.94. The van der Waals surface area contributed by atoms with Crippen molar-refractivity contribution < 1.29 is 81.3 Å². The molecule has 6 unspecified atom stereocenters. The lowest BCUT2D eigenvalue weighted by molar-refractivity contribution is -0.156. The van der Waals surface area contributed by atoms with Gasteiger partial charge in [0, 0.05) is 148 Å². The third kappa shape index (κ3) is 16.0. The predicted molar refractivity (Wildman–Crippen MR) is 348 cm³/mol. The van der Waals surface area contributed by atoms with Gasteiger partial charge in [0.1, 0.15) is 17.8 Å². The number of halogens is 2. The van der Waals surface area contributed by atoms with Gasteiger partial charge in [-0.05, 0) is 54.7 Å². The van der Waals surface area contributed by atoms with Crippen LogP contribution in [-0.4, -0.2) is 174 Å². The second-order valence-electron chi connectivity index (χ2n) is 24.2. The quantitative estimate of drug-likeness (QED) is 0.0891. The van der Waals surface area contributed by atoms with E-state index in [4.69, 9.17) is 37.4 Å². The van der Waals surface area contributed by atoms with Crippen molar-refractivity contribution >= 4 is 144 Å². The van der Waals surface area contributed by atoms with Crippen LogP contribution in [0.1, 0.15) is 108 Å². The first-order valence-electron chi connectivity index (χ1n) is 31.6. The summed E-state index contributed by atoms with van der Waals surface area (Å²) < 4.78 is 17.2. The van der Waals surface area contributed by atoms with Gasteiger partial charge < -0.3 is 45.3 Å². The molecule has 0 aliphatic carbocycles. The van der Waals surface area contributed by atoms with Crippen LogP contribution in [0.2, 0.25) is 0 Å². The zero-order valence-corrected chi connectivity index (χ0v) is 54.4. The Morgan fingerprint density at radius 2 is 0.968 bits per heavy atom. The summed E-state index contributed by atoms with van der Waals surface area (Å²) in [6.45, 7) is 5.33. The van der Waals surface area contributed by atoms with Gasteiger partial charge in [-0.25, -0.2) is 0 Å². The van der Waals surface area contributed by atoms with Crippen molar-refractivity contribution in [2.24, 2.45) is 11.8 Å². The average Bonchev–Trinajstić information content (AvgIpc) is 1.65. The largest absolute Gasteiger partial charge is 0.426 e. The Balaban J connectivity index is 0.925. The molecule has 10 amide bonds. The molecule has 5 aliphatic heterocycles. The van der Waals surface area contributed by atoms with E-state index in [1.54, 1.807) is 47.1 Å². The number of alkyl halides is 2. The highest BCUT2D eigenvalue weighted by molar-refractivity contribution is 6.21. The molecule has 502 valence electrons. The molecule has 25 nitrogen and oxygen atoms in total. The minimum absolute atomic E-state index is 0.0320. The summed E-state index contributed by atoms with van der Waals surface area (Å²) in [5.41, 5.74) is 2.98. The first-order chi connectivity index (χ1) is 45.5. The van der Waals surface area contributed by atoms with Crippen molar-refractivity contribution in [3.63, 3.8) is 0 Å². The van der Waals surface area contributed by atoms with Gasteiger partial charge in [0.15, 0.2) is 17.3 Å². The molecule has 95 heavy (non-hydrogen) atoms. The molecule has 4 bridgehead atoms. The fraction of sp³-hybridized carbons (Fsp3) is 0.441. The maximum absolute atomic E-state index is 14.4. The van der Waals surface area contributed by atoms with Gasteiger partial charge in [0.2, 0.25) is 35.4 Å². The number of hydrogen-bond donors (Lipinski definition) is 4. The van der Waals surface area contributed by atoms with Crippen molar-refractivity contribution in [1.82, 2.24) is 25.8 Å². The SMILES string of the molecule is CC1CC(=O)C(C)NC(=O)CCOCCCC(=O)C(N2C(=O)C=CC2=O)C(N2C(=O)C=CC2=O)C(=O)NCCOCCC(=O)NC(C)C(=O)CC(C)C(=O)Oc2cc3c(c4ccccc24)[C@H](CCl)CN3C(=O)CCCC(=O)N2C[C@@H](CCl)c3c2cc(c2ccccc32)NC1=O. The number of benzene rings is 4. The normalized spacial score (nSPS) is 25.5. The van der Waals surface area contributed by atoms with Crippen LogP contribution < -0.4 is 35.8 Å². The second-order valence-corrected chi connectivity index (χ2v) is 24.8. The topological polar surface area (TPSA) is 328 Å². The number of Topliss-reactive ketones (excluding diaryl/α,β-unsaturated/α-hetero) is 3. The predicted octanol–water partition coefficient (Wildman–Crippen LogP) is 5.13. The molecule has 0 spiro atoms. The number of hydrogen-bond acceptors (Lipinski definition) is 17. The van der Waals surface area contributed by atoms with Gasteiger partial charge in [0.05, 0.1) is 49.2 Å². The van der Waals surface area contributed by atoms with E-state index < -0.39 is 113 Å². The Bertz CT molecular complexity index is 3570. The monoisotopic (exact) mass is 1340 g/mol. The summed E-state index contributed by atoms with van der Waals surface area (Å²) in [4.78, 5) is 195. The van der Waals surface area contributed by atoms with Crippen LogP contribution in [0.5, 0.6) is 5.75 Å². The second kappa shape index (κ2) is 31.5. The van der Waals surface area contributed by atoms with Crippen molar-refractivity contribution in [1.29, 1.82) is 0 Å². The third-order valence-corrected chi connectivity index (χ3v) is 18.2. The number of nitrogens with one attached hydrogen (secondary N) is 4. The fourth-order valence-electron chi connectivity index (χ4n) is 12.4. The zero-order valence-electron chi connectivity index (χ0n) is 52.9. The summed E-state index contributed by atoms with van der Waals surface area (Å²) in [6, 6.07) is 11.7. The van der Waals surface area contributed by atoms with Crippen LogP contribution in [0, 0.1) is 11.8 Å². The first kappa shape index (κ1) is 70.3. The summed E-state index contributed by atoms with van der Waals surface area (Å²) >= 11 is 13.2. The Labute approximate surface area is 556 Å². The highest BCUT2D eigenvalue weighted by atomic mass is 35.5. The maximum atomic E-state index is 14.4. The molecule has 0 saturated carbocycles. The van der Waals surface area contributed by atoms with Gasteiger partial charge >= 0.3 is 5.97 Å². The van der Waals surface area contributed by atoms with Crippen molar-refractivity contribution in [3.05, 3.63) is 96.1 Å². The standard InChI is InChI=1S/C68H74Cl2N8O17/c1-37-29-51(80)39(3)72-54(82)22-26-93-25-10-15-50(79)64(77-58(86)18-19-59(77)87)65(78-60(88)20-21-61(78)89)67(91)71-24-28-94-27-23-55(83)73-40(4)52(81)30-38(2)68(92)95-53-32-49-63(46-14-8-6-12-44(46)53)42(34-70)36-76(49)57(85)17-9-16-56(84)75-35-41(33-69)62-45-13-7-5-11-43(45)47(31-48(62)75)74-66(37)90/h5-8,11-14,18-21,31-32,37-42,64-65H,9-10,15-17,22-30,33-36H2,1-4H3,(H,71,91)(H,72,82)(H,73,83)(H,74,90)/t37?,38?,39?,40?,41-,42-,64?,65?/m1/s1. The number of ketones is 3. The lowest BCUT2D eigenvalue weighted by Gasteiger charge is -2.35. The molecular weight excluding hydrogens is 1270 g/mol. The number of imide groups is 2. The molecule has 8 atom stereocenters. The first-order valence-corrected chi connectivity index (χ1v) is 32.7. The minimum Gasteiger partial charge on any atom is -0.426 e. The number of carbonyl (C=O) groups excluding carboxylic acids is 14. The molecule has 5 aliphatic rings. The molecule has 0 fully saturated rings. The highest BCUT2D eigenvalue weighted by Gasteiger charge is 2.50. The summed E-state index contributed by atoms with van der Waals surface area (Å²) in [6.07, 6.45) is 1.94. The molecule has 9 rings (SSSR count). The van der Waals surface area contributed by atoms with Gasteiger partial charge in [0.25, 0.3) is 23.6 Å². The Kier molecular flexibility index (Phi) is 23.3. The highest BCUT2D eigenvalue weighted by Crippen LogP contribution is 2.48. The average molecular weight is 1350 g/mol. The van der Waals surface area contributed by atoms with E-state index in [0.29, 0.717) is 43.0 Å². The van der Waals surface area contributed by atoms with E-state index in [1.807, 2.05) is 30.3 Å². The number of fused-ring (bicyclic) bond motifs is 8. The van der Waals surface area contributed by atoms with Gasteiger partial charge in [-0.3, -0.25) is 76.9 Å². The molecule has 4 aromatic carbocycles. The lowest BCUT2D eigenvalue weighted by Crippen LogP contribution is -2.64. The minimum atomic E-state index is -2.05. The van der Waals surface area contributed by atoms with Gasteiger partial charge in [-0.2, -0.15) is 0 Å². The van der Waals surface area contributed by atoms with E-state index in [9.17, 15) is 67.1 Å². The smallest absolute Gasteiger partial charge is 0.314 e. The molecule has 4 aromatic rings. The van der Waals surface area contributed by atoms with Gasteiger partial charge in [-0.15, -0.1) is 23.2 Å². The van der Waals surface area contributed by atoms with Crippen LogP contribution in [0.15, 0.2) is 85.0 Å². The zero-order chi connectivity index (χ0) is 68.4. The summed E-state index contributed by atoms with van der Waals surface area (Å²) in [7, 11) is 0.